The predicted octanol–water partition coefficient (Wildman–Crippen LogP) is 1.12. The van der Waals surface area contributed by atoms with E-state index >= 15 is 0 Å². The van der Waals surface area contributed by atoms with Crippen LogP contribution in [0.15, 0.2) is 30.7 Å². The predicted molar refractivity (Wildman–Crippen MR) is 97.6 cm³/mol. The summed E-state index contributed by atoms with van der Waals surface area (Å²) in [5.41, 5.74) is 1.95. The third-order valence-electron chi connectivity index (χ3n) is 5.63. The molecule has 0 saturated carbocycles. The average molecular weight is 357 g/mol. The number of hydrogen-bond acceptors (Lipinski definition) is 4. The van der Waals surface area contributed by atoms with Crippen LogP contribution in [0.25, 0.3) is 0 Å². The van der Waals surface area contributed by atoms with E-state index in [4.69, 9.17) is 4.74 Å². The molecule has 4 heterocycles. The van der Waals surface area contributed by atoms with Crippen molar-refractivity contribution in [3.63, 3.8) is 0 Å². The highest BCUT2D eigenvalue weighted by molar-refractivity contribution is 5.92. The first-order chi connectivity index (χ1) is 12.6. The summed E-state index contributed by atoms with van der Waals surface area (Å²) in [6.07, 6.45) is 6.25. The summed E-state index contributed by atoms with van der Waals surface area (Å²) in [5.74, 6) is 0.861. The number of rotatable bonds is 6. The van der Waals surface area contributed by atoms with E-state index in [1.54, 1.807) is 0 Å². The van der Waals surface area contributed by atoms with Crippen LogP contribution in [0.2, 0.25) is 0 Å². The molecule has 7 heteroatoms. The average Bonchev–Trinajstić information content (AvgIpc) is 3.38. The Hall–Kier alpha value is -2.12. The number of likely N-dealkylation sites (tertiary alicyclic amines) is 1. The van der Waals surface area contributed by atoms with Gasteiger partial charge in [0.1, 0.15) is 5.69 Å². The van der Waals surface area contributed by atoms with E-state index < -0.39 is 0 Å². The van der Waals surface area contributed by atoms with Gasteiger partial charge < -0.3 is 14.6 Å². The van der Waals surface area contributed by atoms with Crippen molar-refractivity contribution in [3.8, 4) is 0 Å². The zero-order valence-corrected chi connectivity index (χ0v) is 15.5. The van der Waals surface area contributed by atoms with E-state index in [0.29, 0.717) is 24.1 Å². The number of hydrogen-bond donors (Lipinski definition) is 1. The molecular weight excluding hydrogens is 330 g/mol. The lowest BCUT2D eigenvalue weighted by molar-refractivity contribution is 0.0899. The van der Waals surface area contributed by atoms with E-state index in [9.17, 15) is 4.79 Å². The first kappa shape index (κ1) is 17.3. The summed E-state index contributed by atoms with van der Waals surface area (Å²) in [7, 11) is 1.89. The Balaban J connectivity index is 1.30. The van der Waals surface area contributed by atoms with Crippen molar-refractivity contribution in [3.05, 3.63) is 42.0 Å². The largest absolute Gasteiger partial charge is 0.376 e. The second-order valence-electron chi connectivity index (χ2n) is 7.41. The second kappa shape index (κ2) is 7.25. The van der Waals surface area contributed by atoms with Gasteiger partial charge in [0.25, 0.3) is 5.91 Å². The quantitative estimate of drug-likeness (QED) is 0.841. The van der Waals surface area contributed by atoms with E-state index in [0.717, 1.165) is 32.8 Å². The molecule has 2 saturated heterocycles. The van der Waals surface area contributed by atoms with E-state index in [-0.39, 0.29) is 12.0 Å². The van der Waals surface area contributed by atoms with Crippen molar-refractivity contribution in [2.45, 2.75) is 26.1 Å². The standard InChI is InChI=1S/C19H27N5O2/c1-3-24-10-14(7-21-24)9-23-11-16-15(13-26-18(16)12-23)8-20-19(25)17-5-4-6-22(17)2/h4-7,10,15-16,18H,3,8-9,11-13H2,1-2H3,(H,20,25)/t15-,16+,18+/m1/s1. The highest BCUT2D eigenvalue weighted by Gasteiger charge is 2.43. The molecule has 0 bridgehead atoms. The van der Waals surface area contributed by atoms with Gasteiger partial charge in [-0.2, -0.15) is 5.10 Å². The maximum atomic E-state index is 12.3. The summed E-state index contributed by atoms with van der Waals surface area (Å²) in [5, 5.41) is 7.44. The lowest BCUT2D eigenvalue weighted by Crippen LogP contribution is -2.34. The highest BCUT2D eigenvalue weighted by Crippen LogP contribution is 2.34. The number of carbonyl (C=O) groups is 1. The molecule has 2 aliphatic heterocycles. The number of nitrogens with zero attached hydrogens (tertiary/aromatic N) is 4. The Labute approximate surface area is 153 Å². The Morgan fingerprint density at radius 1 is 1.42 bits per heavy atom. The van der Waals surface area contributed by atoms with Crippen molar-refractivity contribution >= 4 is 5.91 Å². The smallest absolute Gasteiger partial charge is 0.267 e. The van der Waals surface area contributed by atoms with Crippen LogP contribution in [0.1, 0.15) is 23.0 Å². The fraction of sp³-hybridized carbons (Fsp3) is 0.579. The molecule has 2 aromatic rings. The van der Waals surface area contributed by atoms with Crippen LogP contribution in [0, 0.1) is 11.8 Å². The van der Waals surface area contributed by atoms with E-state index in [1.165, 1.54) is 5.56 Å². The zero-order valence-electron chi connectivity index (χ0n) is 15.5. The normalized spacial score (nSPS) is 25.5. The van der Waals surface area contributed by atoms with Gasteiger partial charge >= 0.3 is 0 Å². The van der Waals surface area contributed by atoms with Gasteiger partial charge in [-0.15, -0.1) is 0 Å². The monoisotopic (exact) mass is 357 g/mol. The number of nitrogens with one attached hydrogen (secondary N) is 1. The lowest BCUT2D eigenvalue weighted by atomic mass is 9.93. The van der Waals surface area contributed by atoms with E-state index in [1.807, 2.05) is 40.8 Å². The molecule has 2 fully saturated rings. The van der Waals surface area contributed by atoms with Crippen LogP contribution >= 0.6 is 0 Å². The molecule has 2 aromatic heterocycles. The molecule has 1 N–H and O–H groups in total. The van der Waals surface area contributed by atoms with Gasteiger partial charge in [-0.3, -0.25) is 14.4 Å². The first-order valence-corrected chi connectivity index (χ1v) is 9.39. The van der Waals surface area contributed by atoms with Crippen LogP contribution in [0.4, 0.5) is 0 Å². The summed E-state index contributed by atoms with van der Waals surface area (Å²) in [6.45, 7) is 7.31. The number of aromatic nitrogens is 3. The first-order valence-electron chi connectivity index (χ1n) is 9.39. The number of amides is 1. The second-order valence-corrected chi connectivity index (χ2v) is 7.41. The minimum Gasteiger partial charge on any atom is -0.376 e. The van der Waals surface area contributed by atoms with Crippen molar-refractivity contribution in [2.24, 2.45) is 18.9 Å². The SMILES string of the molecule is CCn1cc(CN2C[C@H]3[C@H](CNC(=O)c4cccn4C)CO[C@H]3C2)cn1. The Kier molecular flexibility index (Phi) is 4.82. The number of ether oxygens (including phenoxy) is 1. The summed E-state index contributed by atoms with van der Waals surface area (Å²) in [4.78, 5) is 14.8. The fourth-order valence-electron chi connectivity index (χ4n) is 4.15. The van der Waals surface area contributed by atoms with Crippen molar-refractivity contribution in [2.75, 3.05) is 26.2 Å². The molecule has 0 unspecified atom stereocenters. The maximum Gasteiger partial charge on any atom is 0.267 e. The van der Waals surface area contributed by atoms with Gasteiger partial charge in [0.15, 0.2) is 0 Å². The molecule has 3 atom stereocenters. The molecule has 0 aromatic carbocycles. The van der Waals surface area contributed by atoms with Gasteiger partial charge in [0.05, 0.1) is 18.9 Å². The maximum absolute atomic E-state index is 12.3. The topological polar surface area (TPSA) is 64.3 Å². The molecule has 4 rings (SSSR count). The third-order valence-corrected chi connectivity index (χ3v) is 5.63. The Morgan fingerprint density at radius 3 is 3.04 bits per heavy atom. The summed E-state index contributed by atoms with van der Waals surface area (Å²) < 4.78 is 9.82. The molecule has 7 nitrogen and oxygen atoms in total. The third kappa shape index (κ3) is 3.41. The van der Waals surface area contributed by atoms with Gasteiger partial charge in [0.2, 0.25) is 0 Å². The van der Waals surface area contributed by atoms with Gasteiger partial charge in [-0.25, -0.2) is 0 Å². The highest BCUT2D eigenvalue weighted by atomic mass is 16.5. The molecule has 0 radical (unpaired) electrons. The van der Waals surface area contributed by atoms with Crippen molar-refractivity contribution < 1.29 is 9.53 Å². The van der Waals surface area contributed by atoms with Crippen molar-refractivity contribution in [1.82, 2.24) is 24.6 Å². The van der Waals surface area contributed by atoms with E-state index in [2.05, 4.69) is 28.4 Å². The van der Waals surface area contributed by atoms with Crippen LogP contribution in [0.3, 0.4) is 0 Å². The molecular formula is C19H27N5O2. The minimum atomic E-state index is -0.0113. The van der Waals surface area contributed by atoms with Crippen molar-refractivity contribution in [1.29, 1.82) is 0 Å². The van der Waals surface area contributed by atoms with Gasteiger partial charge in [0, 0.05) is 69.6 Å². The Bertz CT molecular complexity index is 768. The van der Waals surface area contributed by atoms with Gasteiger partial charge in [-0.05, 0) is 19.1 Å². The molecule has 140 valence electrons. The molecule has 0 spiro atoms. The lowest BCUT2D eigenvalue weighted by Gasteiger charge is -2.19. The van der Waals surface area contributed by atoms with Crippen LogP contribution in [-0.2, 0) is 24.9 Å². The summed E-state index contributed by atoms with van der Waals surface area (Å²) in [6, 6.07) is 3.73. The fourth-order valence-corrected chi connectivity index (χ4v) is 4.15. The molecule has 2 aliphatic rings. The number of fused-ring (bicyclic) bond motifs is 1. The Morgan fingerprint density at radius 2 is 2.31 bits per heavy atom. The van der Waals surface area contributed by atoms with Crippen LogP contribution < -0.4 is 5.32 Å². The molecule has 1 amide bonds. The molecule has 26 heavy (non-hydrogen) atoms. The number of carbonyl (C=O) groups excluding carboxylic acids is 1. The minimum absolute atomic E-state index is 0.0113. The summed E-state index contributed by atoms with van der Waals surface area (Å²) >= 11 is 0. The van der Waals surface area contributed by atoms with Crippen LogP contribution in [-0.4, -0.2) is 57.5 Å². The van der Waals surface area contributed by atoms with Crippen LogP contribution in [0.5, 0.6) is 0 Å². The number of aryl methyl sites for hydroxylation is 2. The molecule has 0 aliphatic carbocycles. The zero-order chi connectivity index (χ0) is 18.1. The van der Waals surface area contributed by atoms with Gasteiger partial charge in [-0.1, -0.05) is 0 Å².